The van der Waals surface area contributed by atoms with Crippen molar-refractivity contribution < 1.29 is 13.2 Å². The van der Waals surface area contributed by atoms with Gasteiger partial charge in [-0.3, -0.25) is 9.10 Å². The molecule has 0 atom stereocenters. The summed E-state index contributed by atoms with van der Waals surface area (Å²) >= 11 is 5.84. The first-order valence-electron chi connectivity index (χ1n) is 8.96. The van der Waals surface area contributed by atoms with Gasteiger partial charge in [0.05, 0.1) is 10.6 Å². The van der Waals surface area contributed by atoms with Gasteiger partial charge in [-0.1, -0.05) is 47.5 Å². The summed E-state index contributed by atoms with van der Waals surface area (Å²) in [6, 6.07) is 20.3. The zero-order valence-corrected chi connectivity index (χ0v) is 17.7. The first-order chi connectivity index (χ1) is 13.8. The highest BCUT2D eigenvalue weighted by molar-refractivity contribution is 7.92. The third-order valence-electron chi connectivity index (χ3n) is 4.52. The van der Waals surface area contributed by atoms with Gasteiger partial charge < -0.3 is 5.32 Å². The summed E-state index contributed by atoms with van der Waals surface area (Å²) in [7, 11) is -2.32. The second kappa shape index (κ2) is 8.68. The van der Waals surface area contributed by atoms with E-state index in [1.54, 1.807) is 24.3 Å². The molecule has 0 bridgehead atoms. The Kier molecular flexibility index (Phi) is 6.25. The van der Waals surface area contributed by atoms with Crippen molar-refractivity contribution >= 4 is 33.2 Å². The lowest BCUT2D eigenvalue weighted by Gasteiger charge is -2.20. The number of amides is 1. The Balaban J connectivity index is 1.76. The summed E-state index contributed by atoms with van der Waals surface area (Å²) in [4.78, 5) is 12.6. The van der Waals surface area contributed by atoms with Gasteiger partial charge in [0.15, 0.2) is 0 Å². The average molecular weight is 429 g/mol. The second-order valence-corrected chi connectivity index (χ2v) is 9.05. The quantitative estimate of drug-likeness (QED) is 0.632. The molecule has 150 valence electrons. The fourth-order valence-electron chi connectivity index (χ4n) is 2.74. The number of hydrogen-bond donors (Lipinski definition) is 1. The molecule has 1 N–H and O–H groups in total. The third-order valence-corrected chi connectivity index (χ3v) is 6.57. The van der Waals surface area contributed by atoms with E-state index in [1.807, 2.05) is 31.2 Å². The van der Waals surface area contributed by atoms with E-state index in [0.29, 0.717) is 22.8 Å². The lowest BCUT2D eigenvalue weighted by molar-refractivity contribution is 0.0951. The molecule has 0 unspecified atom stereocenters. The van der Waals surface area contributed by atoms with Gasteiger partial charge in [0.2, 0.25) is 0 Å². The highest BCUT2D eigenvalue weighted by atomic mass is 35.5. The molecule has 0 aliphatic heterocycles. The maximum absolute atomic E-state index is 12.8. The predicted molar refractivity (Wildman–Crippen MR) is 116 cm³/mol. The van der Waals surface area contributed by atoms with E-state index in [0.717, 1.165) is 15.4 Å². The number of aryl methyl sites for hydroxylation is 1. The number of carbonyl (C=O) groups excluding carboxylic acids is 1. The minimum atomic E-state index is -3.77. The lowest BCUT2D eigenvalue weighted by atomic mass is 10.1. The number of hydrogen-bond acceptors (Lipinski definition) is 3. The SMILES string of the molecule is Cc1ccc(CNC(=O)c2cccc(N(C)S(=O)(=O)c3ccc(Cl)cc3)c2)cc1. The predicted octanol–water partition coefficient (Wildman–Crippen LogP) is 4.40. The largest absolute Gasteiger partial charge is 0.348 e. The molecule has 7 heteroatoms. The summed E-state index contributed by atoms with van der Waals surface area (Å²) in [6.45, 7) is 2.39. The van der Waals surface area contributed by atoms with E-state index in [1.165, 1.54) is 31.3 Å². The standard InChI is InChI=1S/C22H21ClN2O3S/c1-16-6-8-17(9-7-16)15-24-22(26)18-4-3-5-20(14-18)25(2)29(27,28)21-12-10-19(23)11-13-21/h3-14H,15H2,1-2H3,(H,24,26). The summed E-state index contributed by atoms with van der Waals surface area (Å²) in [5, 5.41) is 3.31. The molecule has 0 aliphatic rings. The molecule has 0 radical (unpaired) electrons. The molecule has 3 aromatic rings. The van der Waals surface area contributed by atoms with E-state index in [9.17, 15) is 13.2 Å². The van der Waals surface area contributed by atoms with Gasteiger partial charge in [-0.05, 0) is 55.0 Å². The Morgan fingerprint density at radius 3 is 2.31 bits per heavy atom. The van der Waals surface area contributed by atoms with Crippen molar-refractivity contribution in [2.45, 2.75) is 18.4 Å². The summed E-state index contributed by atoms with van der Waals surface area (Å²) in [6.07, 6.45) is 0. The fourth-order valence-corrected chi connectivity index (χ4v) is 4.05. The van der Waals surface area contributed by atoms with Crippen LogP contribution in [0.15, 0.2) is 77.7 Å². The number of sulfonamides is 1. The molecule has 0 fully saturated rings. The zero-order valence-electron chi connectivity index (χ0n) is 16.1. The van der Waals surface area contributed by atoms with Crippen LogP contribution >= 0.6 is 11.6 Å². The minimum Gasteiger partial charge on any atom is -0.348 e. The Morgan fingerprint density at radius 2 is 1.66 bits per heavy atom. The molecule has 29 heavy (non-hydrogen) atoms. The second-order valence-electron chi connectivity index (χ2n) is 6.65. The van der Waals surface area contributed by atoms with Gasteiger partial charge in [-0.25, -0.2) is 8.42 Å². The first-order valence-corrected chi connectivity index (χ1v) is 10.8. The van der Waals surface area contributed by atoms with E-state index in [-0.39, 0.29) is 10.8 Å². The molecule has 0 heterocycles. The zero-order chi connectivity index (χ0) is 21.0. The molecule has 1 amide bonds. The summed E-state index contributed by atoms with van der Waals surface area (Å²) < 4.78 is 26.8. The number of rotatable bonds is 6. The van der Waals surface area contributed by atoms with Gasteiger partial charge in [-0.15, -0.1) is 0 Å². The Bertz CT molecular complexity index is 1110. The van der Waals surface area contributed by atoms with Gasteiger partial charge >= 0.3 is 0 Å². The third kappa shape index (κ3) is 4.96. The molecule has 3 rings (SSSR count). The van der Waals surface area contributed by atoms with Gasteiger partial charge in [-0.2, -0.15) is 0 Å². The van der Waals surface area contributed by atoms with Crippen molar-refractivity contribution in [3.63, 3.8) is 0 Å². The molecular formula is C22H21ClN2O3S. The lowest BCUT2D eigenvalue weighted by Crippen LogP contribution is -2.27. The van der Waals surface area contributed by atoms with Gasteiger partial charge in [0, 0.05) is 24.2 Å². The molecule has 0 spiro atoms. The van der Waals surface area contributed by atoms with Crippen molar-refractivity contribution in [3.8, 4) is 0 Å². The monoisotopic (exact) mass is 428 g/mol. The molecule has 0 aliphatic carbocycles. The van der Waals surface area contributed by atoms with Crippen LogP contribution in [0.25, 0.3) is 0 Å². The molecule has 0 aromatic heterocycles. The highest BCUT2D eigenvalue weighted by Gasteiger charge is 2.22. The van der Waals surface area contributed by atoms with Crippen LogP contribution in [0.2, 0.25) is 5.02 Å². The molecule has 0 saturated carbocycles. The van der Waals surface area contributed by atoms with Crippen LogP contribution in [0.4, 0.5) is 5.69 Å². The van der Waals surface area contributed by atoms with Crippen LogP contribution in [0, 0.1) is 6.92 Å². The van der Waals surface area contributed by atoms with Crippen molar-refractivity contribution in [1.29, 1.82) is 0 Å². The first kappa shape index (κ1) is 20.9. The van der Waals surface area contributed by atoms with Gasteiger partial charge in [0.1, 0.15) is 0 Å². The van der Waals surface area contributed by atoms with Crippen LogP contribution in [0.3, 0.4) is 0 Å². The van der Waals surface area contributed by atoms with E-state index < -0.39 is 10.0 Å². The topological polar surface area (TPSA) is 66.5 Å². The normalized spacial score (nSPS) is 11.1. The van der Waals surface area contributed by atoms with Crippen molar-refractivity contribution in [1.82, 2.24) is 5.32 Å². The van der Waals surface area contributed by atoms with Crippen molar-refractivity contribution in [3.05, 3.63) is 94.5 Å². The highest BCUT2D eigenvalue weighted by Crippen LogP contribution is 2.24. The van der Waals surface area contributed by atoms with Crippen LogP contribution in [0.5, 0.6) is 0 Å². The maximum Gasteiger partial charge on any atom is 0.264 e. The molecule has 3 aromatic carbocycles. The smallest absolute Gasteiger partial charge is 0.264 e. The minimum absolute atomic E-state index is 0.124. The molecular weight excluding hydrogens is 408 g/mol. The summed E-state index contributed by atoms with van der Waals surface area (Å²) in [5.41, 5.74) is 2.91. The van der Waals surface area contributed by atoms with E-state index in [4.69, 9.17) is 11.6 Å². The Morgan fingerprint density at radius 1 is 1.00 bits per heavy atom. The summed E-state index contributed by atoms with van der Waals surface area (Å²) in [5.74, 6) is -0.273. The van der Waals surface area contributed by atoms with Gasteiger partial charge in [0.25, 0.3) is 15.9 Å². The molecule has 5 nitrogen and oxygen atoms in total. The van der Waals surface area contributed by atoms with E-state index in [2.05, 4.69) is 5.32 Å². The van der Waals surface area contributed by atoms with E-state index >= 15 is 0 Å². The van der Waals surface area contributed by atoms with Crippen molar-refractivity contribution in [2.24, 2.45) is 0 Å². The maximum atomic E-state index is 12.8. The molecule has 0 saturated heterocycles. The number of nitrogens with zero attached hydrogens (tertiary/aromatic N) is 1. The number of nitrogens with one attached hydrogen (secondary N) is 1. The van der Waals surface area contributed by atoms with Crippen LogP contribution in [-0.2, 0) is 16.6 Å². The number of halogens is 1. The number of anilines is 1. The van der Waals surface area contributed by atoms with Crippen molar-refractivity contribution in [2.75, 3.05) is 11.4 Å². The average Bonchev–Trinajstić information content (AvgIpc) is 2.73. The number of carbonyl (C=O) groups is 1. The van der Waals surface area contributed by atoms with Crippen LogP contribution < -0.4 is 9.62 Å². The van der Waals surface area contributed by atoms with Crippen LogP contribution in [0.1, 0.15) is 21.5 Å². The Labute approximate surface area is 176 Å². The number of benzene rings is 3. The Hall–Kier alpha value is -2.83. The van der Waals surface area contributed by atoms with Crippen LogP contribution in [-0.4, -0.2) is 21.4 Å². The fraction of sp³-hybridized carbons (Fsp3) is 0.136.